The van der Waals surface area contributed by atoms with Gasteiger partial charge in [0, 0.05) is 42.8 Å². The molecular weight excluding hydrogens is 300 g/mol. The predicted octanol–water partition coefficient (Wildman–Crippen LogP) is 2.53. The number of carbonyl (C=O) groups is 2. The number of hydrogen-bond acceptors (Lipinski definition) is 5. The highest BCUT2D eigenvalue weighted by molar-refractivity contribution is 7.12. The minimum atomic E-state index is -0.0531. The standard InChI is InChI=1S/C16H16N2O3S/c19-9-11-5-12(8-17-7-11)13-6-15(22-10-13)16(20)18-14-1-3-21-4-2-14/h5-10,14H,1-4H2,(H,18,20). The first kappa shape index (κ1) is 14.9. The van der Waals surface area contributed by atoms with Gasteiger partial charge in [-0.3, -0.25) is 14.6 Å². The average molecular weight is 316 g/mol. The Morgan fingerprint density at radius 3 is 2.86 bits per heavy atom. The third kappa shape index (κ3) is 3.40. The Hall–Kier alpha value is -2.05. The molecule has 22 heavy (non-hydrogen) atoms. The smallest absolute Gasteiger partial charge is 0.261 e. The summed E-state index contributed by atoms with van der Waals surface area (Å²) in [5.74, 6) is -0.0531. The van der Waals surface area contributed by atoms with Crippen molar-refractivity contribution in [2.24, 2.45) is 0 Å². The third-order valence-corrected chi connectivity index (χ3v) is 4.54. The molecule has 6 heteroatoms. The number of rotatable bonds is 4. The van der Waals surface area contributed by atoms with Gasteiger partial charge in [0.15, 0.2) is 6.29 Å². The Labute approximate surface area is 132 Å². The maximum Gasteiger partial charge on any atom is 0.261 e. The van der Waals surface area contributed by atoms with Crippen LogP contribution in [0.4, 0.5) is 0 Å². The van der Waals surface area contributed by atoms with Crippen LogP contribution in [0, 0.1) is 0 Å². The number of amides is 1. The van der Waals surface area contributed by atoms with E-state index in [1.165, 1.54) is 17.5 Å². The van der Waals surface area contributed by atoms with E-state index in [1.54, 1.807) is 12.3 Å². The molecule has 1 fully saturated rings. The van der Waals surface area contributed by atoms with E-state index in [1.807, 2.05) is 11.4 Å². The highest BCUT2D eigenvalue weighted by Crippen LogP contribution is 2.25. The Kier molecular flexibility index (Phi) is 4.60. The second-order valence-corrected chi connectivity index (χ2v) is 6.10. The minimum absolute atomic E-state index is 0.0531. The van der Waals surface area contributed by atoms with Gasteiger partial charge in [-0.25, -0.2) is 0 Å². The fourth-order valence-corrected chi connectivity index (χ4v) is 3.20. The molecular formula is C16H16N2O3S. The number of nitrogens with one attached hydrogen (secondary N) is 1. The summed E-state index contributed by atoms with van der Waals surface area (Å²) in [7, 11) is 0. The van der Waals surface area contributed by atoms with Crippen molar-refractivity contribution in [3.8, 4) is 11.1 Å². The molecule has 0 saturated carbocycles. The molecule has 1 amide bonds. The fraction of sp³-hybridized carbons (Fsp3) is 0.312. The van der Waals surface area contributed by atoms with E-state index in [0.717, 1.165) is 30.3 Å². The molecule has 0 aliphatic carbocycles. The molecule has 0 aromatic carbocycles. The summed E-state index contributed by atoms with van der Waals surface area (Å²) in [5.41, 5.74) is 2.27. The predicted molar refractivity (Wildman–Crippen MR) is 84.2 cm³/mol. The zero-order valence-corrected chi connectivity index (χ0v) is 12.8. The molecule has 2 aromatic rings. The van der Waals surface area contributed by atoms with Crippen molar-refractivity contribution < 1.29 is 14.3 Å². The molecule has 0 bridgehead atoms. The fourth-order valence-electron chi connectivity index (χ4n) is 2.39. The van der Waals surface area contributed by atoms with Crippen molar-refractivity contribution in [2.45, 2.75) is 18.9 Å². The van der Waals surface area contributed by atoms with Crippen LogP contribution >= 0.6 is 11.3 Å². The monoisotopic (exact) mass is 316 g/mol. The van der Waals surface area contributed by atoms with Crippen LogP contribution in [0.15, 0.2) is 29.9 Å². The lowest BCUT2D eigenvalue weighted by molar-refractivity contribution is 0.0698. The van der Waals surface area contributed by atoms with Gasteiger partial charge in [0.25, 0.3) is 5.91 Å². The minimum Gasteiger partial charge on any atom is -0.381 e. The Morgan fingerprint density at radius 2 is 2.09 bits per heavy atom. The van der Waals surface area contributed by atoms with E-state index in [0.29, 0.717) is 23.7 Å². The van der Waals surface area contributed by atoms with Crippen LogP contribution in [0.2, 0.25) is 0 Å². The van der Waals surface area contributed by atoms with Crippen molar-refractivity contribution in [3.63, 3.8) is 0 Å². The van der Waals surface area contributed by atoms with Crippen LogP contribution in [0.3, 0.4) is 0 Å². The van der Waals surface area contributed by atoms with Crippen LogP contribution < -0.4 is 5.32 Å². The summed E-state index contributed by atoms with van der Waals surface area (Å²) in [6.45, 7) is 1.40. The van der Waals surface area contributed by atoms with Gasteiger partial charge < -0.3 is 10.1 Å². The number of aromatic nitrogens is 1. The molecule has 1 N–H and O–H groups in total. The van der Waals surface area contributed by atoms with Crippen LogP contribution in [0.1, 0.15) is 32.9 Å². The Morgan fingerprint density at radius 1 is 1.27 bits per heavy atom. The summed E-state index contributed by atoms with van der Waals surface area (Å²) in [6, 6.07) is 3.79. The SMILES string of the molecule is O=Cc1cncc(-c2csc(C(=O)NC3CCOCC3)c2)c1. The van der Waals surface area contributed by atoms with E-state index in [4.69, 9.17) is 4.74 Å². The van der Waals surface area contributed by atoms with Crippen molar-refractivity contribution in [3.05, 3.63) is 40.3 Å². The lowest BCUT2D eigenvalue weighted by Crippen LogP contribution is -2.38. The van der Waals surface area contributed by atoms with E-state index in [2.05, 4.69) is 10.3 Å². The van der Waals surface area contributed by atoms with Crippen LogP contribution in [0.25, 0.3) is 11.1 Å². The largest absolute Gasteiger partial charge is 0.381 e. The number of carbonyl (C=O) groups excluding carboxylic acids is 2. The van der Waals surface area contributed by atoms with Gasteiger partial charge in [-0.05, 0) is 35.9 Å². The molecule has 0 radical (unpaired) electrons. The lowest BCUT2D eigenvalue weighted by Gasteiger charge is -2.22. The van der Waals surface area contributed by atoms with E-state index < -0.39 is 0 Å². The van der Waals surface area contributed by atoms with E-state index in [9.17, 15) is 9.59 Å². The van der Waals surface area contributed by atoms with Gasteiger partial charge in [0.2, 0.25) is 0 Å². The first-order valence-corrected chi connectivity index (χ1v) is 8.02. The summed E-state index contributed by atoms with van der Waals surface area (Å²) in [4.78, 5) is 27.8. The third-order valence-electron chi connectivity index (χ3n) is 3.61. The van der Waals surface area contributed by atoms with Crippen LogP contribution in [0.5, 0.6) is 0 Å². The topological polar surface area (TPSA) is 68.3 Å². The second-order valence-electron chi connectivity index (χ2n) is 5.18. The molecule has 0 spiro atoms. The number of hydrogen-bond donors (Lipinski definition) is 1. The maximum atomic E-state index is 12.3. The molecule has 0 unspecified atom stereocenters. The molecule has 114 valence electrons. The van der Waals surface area contributed by atoms with Gasteiger partial charge in [-0.15, -0.1) is 11.3 Å². The molecule has 2 aromatic heterocycles. The highest BCUT2D eigenvalue weighted by Gasteiger charge is 2.18. The van der Waals surface area contributed by atoms with Gasteiger partial charge in [0.1, 0.15) is 0 Å². The van der Waals surface area contributed by atoms with Gasteiger partial charge in [0.05, 0.1) is 4.88 Å². The van der Waals surface area contributed by atoms with Crippen molar-refractivity contribution >= 4 is 23.5 Å². The van der Waals surface area contributed by atoms with Gasteiger partial charge >= 0.3 is 0 Å². The highest BCUT2D eigenvalue weighted by atomic mass is 32.1. The molecule has 1 saturated heterocycles. The van der Waals surface area contributed by atoms with Crippen LogP contribution in [-0.4, -0.2) is 36.4 Å². The van der Waals surface area contributed by atoms with E-state index in [-0.39, 0.29) is 11.9 Å². The normalized spacial score (nSPS) is 15.5. The van der Waals surface area contributed by atoms with Crippen molar-refractivity contribution in [1.29, 1.82) is 0 Å². The first-order chi connectivity index (χ1) is 10.8. The summed E-state index contributed by atoms with van der Waals surface area (Å²) in [5, 5.41) is 4.95. The number of nitrogens with zero attached hydrogens (tertiary/aromatic N) is 1. The summed E-state index contributed by atoms with van der Waals surface area (Å²) >= 11 is 1.40. The Balaban J connectivity index is 1.72. The summed E-state index contributed by atoms with van der Waals surface area (Å²) < 4.78 is 5.29. The number of ether oxygens (including phenoxy) is 1. The zero-order chi connectivity index (χ0) is 15.4. The lowest BCUT2D eigenvalue weighted by atomic mass is 10.1. The molecule has 1 aliphatic heterocycles. The maximum absolute atomic E-state index is 12.3. The number of pyridine rings is 1. The molecule has 0 atom stereocenters. The van der Waals surface area contributed by atoms with Crippen molar-refractivity contribution in [1.82, 2.24) is 10.3 Å². The molecule has 3 heterocycles. The Bertz CT molecular complexity index is 678. The second kappa shape index (κ2) is 6.81. The number of aldehydes is 1. The van der Waals surface area contributed by atoms with E-state index >= 15 is 0 Å². The van der Waals surface area contributed by atoms with Crippen LogP contribution in [-0.2, 0) is 4.74 Å². The van der Waals surface area contributed by atoms with Gasteiger partial charge in [-0.1, -0.05) is 0 Å². The molecule has 3 rings (SSSR count). The van der Waals surface area contributed by atoms with Gasteiger partial charge in [-0.2, -0.15) is 0 Å². The first-order valence-electron chi connectivity index (χ1n) is 7.14. The summed E-state index contributed by atoms with van der Waals surface area (Å²) in [6.07, 6.45) is 5.68. The number of thiophene rings is 1. The molecule has 5 nitrogen and oxygen atoms in total. The molecule has 1 aliphatic rings. The average Bonchev–Trinajstić information content (AvgIpc) is 3.06. The zero-order valence-electron chi connectivity index (χ0n) is 12.0. The quantitative estimate of drug-likeness (QED) is 0.880. The van der Waals surface area contributed by atoms with Crippen molar-refractivity contribution in [2.75, 3.05) is 13.2 Å².